The minimum atomic E-state index is -1.08. The van der Waals surface area contributed by atoms with Gasteiger partial charge >= 0.3 is 5.97 Å². The summed E-state index contributed by atoms with van der Waals surface area (Å²) in [6.45, 7) is 4.81. The van der Waals surface area contributed by atoms with E-state index in [4.69, 9.17) is 10.8 Å². The summed E-state index contributed by atoms with van der Waals surface area (Å²) in [7, 11) is 0. The molecule has 6 rings (SSSR count). The second-order valence-electron chi connectivity index (χ2n) is 17.0. The number of rotatable bonds is 11. The van der Waals surface area contributed by atoms with Gasteiger partial charge in [-0.3, -0.25) is 47.9 Å². The van der Waals surface area contributed by atoms with Gasteiger partial charge in [-0.1, -0.05) is 0 Å². The van der Waals surface area contributed by atoms with Gasteiger partial charge in [0.2, 0.25) is 53.2 Å². The summed E-state index contributed by atoms with van der Waals surface area (Å²) >= 11 is 0. The molecule has 0 saturated carbocycles. The monoisotopic (exact) mass is 842 g/mol. The van der Waals surface area contributed by atoms with E-state index in [9.17, 15) is 47.9 Å². The second-order valence-corrected chi connectivity index (χ2v) is 17.0. The molecule has 21 heteroatoms. The van der Waals surface area contributed by atoms with Crippen LogP contribution in [0.15, 0.2) is 0 Å². The van der Waals surface area contributed by atoms with Crippen LogP contribution in [0.25, 0.3) is 0 Å². The molecule has 0 unspecified atom stereocenters. The van der Waals surface area contributed by atoms with Crippen molar-refractivity contribution in [1.82, 2.24) is 45.3 Å². The average Bonchev–Trinajstić information content (AvgIpc) is 4.03. The molecule has 0 spiro atoms. The van der Waals surface area contributed by atoms with Crippen LogP contribution in [0, 0.1) is 0 Å². The summed E-state index contributed by atoms with van der Waals surface area (Å²) in [5.41, 5.74) is 6.13. The lowest BCUT2D eigenvalue weighted by molar-refractivity contribution is -0.154. The number of carbonyl (C=O) groups excluding carboxylic acids is 9. The number of nitrogens with two attached hydrogens (primary N) is 1. The number of nitrogens with one attached hydrogen (secondary N) is 3. The summed E-state index contributed by atoms with van der Waals surface area (Å²) in [5, 5.41) is 17.2. The smallest absolute Gasteiger partial charge is 0.305 e. The number of aliphatic carboxylic acids is 1. The Hall–Kier alpha value is -5.34. The van der Waals surface area contributed by atoms with Crippen molar-refractivity contribution < 1.29 is 53.1 Å². The van der Waals surface area contributed by atoms with Gasteiger partial charge in [-0.25, -0.2) is 0 Å². The molecule has 21 nitrogen and oxygen atoms in total. The Bertz CT molecular complexity index is 1780. The number of likely N-dealkylation sites (tertiary alicyclic amines) is 6. The Morgan fingerprint density at radius 1 is 0.533 bits per heavy atom. The van der Waals surface area contributed by atoms with E-state index in [-0.39, 0.29) is 108 Å². The maximum Gasteiger partial charge on any atom is 0.305 e. The molecule has 0 radical (unpaired) electrons. The molecule has 9 amide bonds. The van der Waals surface area contributed by atoms with E-state index < -0.39 is 83.8 Å². The largest absolute Gasteiger partial charge is 0.481 e. The minimum Gasteiger partial charge on any atom is -0.481 e. The van der Waals surface area contributed by atoms with Gasteiger partial charge in [0, 0.05) is 84.7 Å². The summed E-state index contributed by atoms with van der Waals surface area (Å²) in [6, 6.07) is -7.31. The average molecular weight is 843 g/mol. The standard InChI is InChI=1S/C39H58N10O11/c1-21(50)42-25-16-31(38(59)44-12-4-7-27(44)34(55)41-11-10-33(53)54)48(19-25)36(57)29-9-6-14-46(29)39(60)32-17-26(43-22(2)51)20-49(32)35(56)28-8-5-13-45(28)37(58)30-15-24(40)18-47(30)23(3)52/h24-32H,4-20,40H2,1-3H3,(H,41,55)(H,42,50)(H,43,51)(H,53,54)/t24-,25-,26-,27-,28-,29-,30-,31-,32-/m0/s1. The predicted molar refractivity (Wildman–Crippen MR) is 209 cm³/mol. The first kappa shape index (κ1) is 44.2. The molecule has 0 aromatic heterocycles. The van der Waals surface area contributed by atoms with Crippen molar-refractivity contribution in [1.29, 1.82) is 0 Å². The number of amides is 9. The summed E-state index contributed by atoms with van der Waals surface area (Å²) < 4.78 is 0. The first-order chi connectivity index (χ1) is 28.5. The highest BCUT2D eigenvalue weighted by Gasteiger charge is 2.52. The summed E-state index contributed by atoms with van der Waals surface area (Å²) in [6.07, 6.45) is 2.54. The fraction of sp³-hybridized carbons (Fsp3) is 0.744. The van der Waals surface area contributed by atoms with Gasteiger partial charge in [0.05, 0.1) is 6.42 Å². The molecule has 6 fully saturated rings. The number of carboxylic acids is 1. The van der Waals surface area contributed by atoms with Crippen molar-refractivity contribution in [3.8, 4) is 0 Å². The zero-order chi connectivity index (χ0) is 43.6. The van der Waals surface area contributed by atoms with E-state index in [2.05, 4.69) is 16.0 Å². The fourth-order valence-corrected chi connectivity index (χ4v) is 10.1. The van der Waals surface area contributed by atoms with Gasteiger partial charge in [0.25, 0.3) is 0 Å². The van der Waals surface area contributed by atoms with Crippen LogP contribution in [0.4, 0.5) is 0 Å². The number of carbonyl (C=O) groups is 10. The van der Waals surface area contributed by atoms with Crippen molar-refractivity contribution in [2.45, 2.75) is 139 Å². The minimum absolute atomic E-state index is 0.00431. The molecule has 6 N–H and O–H groups in total. The Labute approximate surface area is 348 Å². The number of carboxylic acid groups (broad SMARTS) is 1. The first-order valence-electron chi connectivity index (χ1n) is 21.1. The second kappa shape index (κ2) is 18.5. The van der Waals surface area contributed by atoms with E-state index in [0.717, 1.165) is 0 Å². The SMILES string of the molecule is CC(=O)N[C@H]1C[C@@H](C(=O)N2CCC[C@H]2C(=O)NCCC(=O)O)N(C(=O)[C@@H]2CCCN2C(=O)[C@@H]2C[C@H](NC(C)=O)CN2C(=O)[C@@H]2CCCN2C(=O)[C@@H]2C[C@H](N)CN2C(C)=O)C1. The van der Waals surface area contributed by atoms with Crippen molar-refractivity contribution in [2.75, 3.05) is 45.8 Å². The Kier molecular flexibility index (Phi) is 13.6. The first-order valence-corrected chi connectivity index (χ1v) is 21.1. The van der Waals surface area contributed by atoms with Gasteiger partial charge in [-0.2, -0.15) is 0 Å². The quantitative estimate of drug-likeness (QED) is 0.137. The van der Waals surface area contributed by atoms with E-state index in [0.29, 0.717) is 32.1 Å². The molecule has 6 saturated heterocycles. The molecule has 330 valence electrons. The van der Waals surface area contributed by atoms with Crippen molar-refractivity contribution in [3.05, 3.63) is 0 Å². The molecule has 6 aliphatic heterocycles. The maximum absolute atomic E-state index is 14.7. The highest BCUT2D eigenvalue weighted by molar-refractivity contribution is 5.98. The lowest BCUT2D eigenvalue weighted by atomic mass is 10.1. The summed E-state index contributed by atoms with van der Waals surface area (Å²) in [5.74, 6) is -4.96. The zero-order valence-corrected chi connectivity index (χ0v) is 34.5. The van der Waals surface area contributed by atoms with Gasteiger partial charge in [0.1, 0.15) is 36.3 Å². The van der Waals surface area contributed by atoms with Crippen LogP contribution in [-0.4, -0.2) is 194 Å². The van der Waals surface area contributed by atoms with Crippen LogP contribution in [-0.2, 0) is 47.9 Å². The Morgan fingerprint density at radius 2 is 0.933 bits per heavy atom. The third-order valence-corrected chi connectivity index (χ3v) is 12.7. The maximum atomic E-state index is 14.7. The molecule has 0 bridgehead atoms. The van der Waals surface area contributed by atoms with E-state index in [1.165, 1.54) is 50.2 Å². The number of nitrogens with zero attached hydrogens (tertiary/aromatic N) is 6. The fourth-order valence-electron chi connectivity index (χ4n) is 10.1. The van der Waals surface area contributed by atoms with Crippen molar-refractivity contribution >= 4 is 59.1 Å². The Morgan fingerprint density at radius 3 is 1.35 bits per heavy atom. The van der Waals surface area contributed by atoms with Gasteiger partial charge < -0.3 is 56.2 Å². The molecule has 0 aliphatic carbocycles. The van der Waals surface area contributed by atoms with Crippen molar-refractivity contribution in [3.63, 3.8) is 0 Å². The van der Waals surface area contributed by atoms with E-state index >= 15 is 0 Å². The lowest BCUT2D eigenvalue weighted by Gasteiger charge is -2.36. The lowest BCUT2D eigenvalue weighted by Crippen LogP contribution is -2.58. The van der Waals surface area contributed by atoms with Crippen LogP contribution < -0.4 is 21.7 Å². The predicted octanol–water partition coefficient (Wildman–Crippen LogP) is -3.29. The van der Waals surface area contributed by atoms with Crippen LogP contribution in [0.2, 0.25) is 0 Å². The zero-order valence-electron chi connectivity index (χ0n) is 34.5. The van der Waals surface area contributed by atoms with Crippen LogP contribution >= 0.6 is 0 Å². The third-order valence-electron chi connectivity index (χ3n) is 12.7. The summed E-state index contributed by atoms with van der Waals surface area (Å²) in [4.78, 5) is 141. The normalized spacial score (nSPS) is 30.2. The molecule has 0 aromatic carbocycles. The third kappa shape index (κ3) is 9.34. The molecule has 6 heterocycles. The molecule has 60 heavy (non-hydrogen) atoms. The van der Waals surface area contributed by atoms with Crippen LogP contribution in [0.3, 0.4) is 0 Å². The Balaban J connectivity index is 1.20. The topological polar surface area (TPSA) is 272 Å². The molecular weight excluding hydrogens is 784 g/mol. The number of hydrogen-bond donors (Lipinski definition) is 5. The molecular formula is C39H58N10O11. The van der Waals surface area contributed by atoms with E-state index in [1.807, 2.05) is 0 Å². The molecule has 6 aliphatic rings. The van der Waals surface area contributed by atoms with Crippen LogP contribution in [0.1, 0.15) is 85.0 Å². The highest BCUT2D eigenvalue weighted by Crippen LogP contribution is 2.33. The van der Waals surface area contributed by atoms with Gasteiger partial charge in [-0.15, -0.1) is 0 Å². The highest BCUT2D eigenvalue weighted by atomic mass is 16.4. The molecule has 0 aromatic rings. The van der Waals surface area contributed by atoms with Crippen LogP contribution in [0.5, 0.6) is 0 Å². The molecule has 9 atom stereocenters. The van der Waals surface area contributed by atoms with Gasteiger partial charge in [0.15, 0.2) is 0 Å². The number of hydrogen-bond acceptors (Lipinski definition) is 11. The van der Waals surface area contributed by atoms with E-state index in [1.54, 1.807) is 0 Å². The van der Waals surface area contributed by atoms with Crippen molar-refractivity contribution in [2.24, 2.45) is 5.73 Å². The van der Waals surface area contributed by atoms with Gasteiger partial charge in [-0.05, 0) is 57.8 Å².